The monoisotopic (exact) mass is 372 g/mol. The smallest absolute Gasteiger partial charge is 0.354 e. The highest BCUT2D eigenvalue weighted by molar-refractivity contribution is 6.00. The zero-order valence-electron chi connectivity index (χ0n) is 13.9. The minimum atomic E-state index is -1.40. The number of nitrogens with two attached hydrogens (primary N) is 1. The Hall–Kier alpha value is -3.89. The van der Waals surface area contributed by atoms with Crippen LogP contribution in [0.2, 0.25) is 0 Å². The molecule has 3 aromatic rings. The van der Waals surface area contributed by atoms with Crippen LogP contribution in [-0.4, -0.2) is 42.7 Å². The number of hydrogen-bond acceptors (Lipinski definition) is 6. The van der Waals surface area contributed by atoms with Crippen LogP contribution in [0.1, 0.15) is 42.6 Å². The van der Waals surface area contributed by atoms with Crippen LogP contribution in [0.4, 0.5) is 4.39 Å². The number of carboxylic acid groups (broad SMARTS) is 1. The van der Waals surface area contributed by atoms with Gasteiger partial charge in [0.2, 0.25) is 0 Å². The van der Waals surface area contributed by atoms with Gasteiger partial charge in [0.15, 0.2) is 17.0 Å². The zero-order chi connectivity index (χ0) is 19.7. The summed E-state index contributed by atoms with van der Waals surface area (Å²) in [6, 6.07) is 5.36. The van der Waals surface area contributed by atoms with Crippen molar-refractivity contribution in [3.63, 3.8) is 0 Å². The Bertz CT molecular complexity index is 1090. The molecule has 1 aromatic carbocycles. The Morgan fingerprint density at radius 1 is 1.30 bits per heavy atom. The van der Waals surface area contributed by atoms with E-state index in [-0.39, 0.29) is 29.4 Å². The molecule has 0 bridgehead atoms. The van der Waals surface area contributed by atoms with Crippen molar-refractivity contribution in [2.45, 2.75) is 13.5 Å². The number of carbonyl (C=O) groups is 3. The first kappa shape index (κ1) is 17.9. The summed E-state index contributed by atoms with van der Waals surface area (Å²) in [5.41, 5.74) is 4.95. The van der Waals surface area contributed by atoms with Gasteiger partial charge in [0.25, 0.3) is 11.8 Å². The first-order chi connectivity index (χ1) is 12.8. The van der Waals surface area contributed by atoms with Gasteiger partial charge in [-0.1, -0.05) is 17.3 Å². The van der Waals surface area contributed by atoms with E-state index >= 15 is 0 Å². The van der Waals surface area contributed by atoms with Gasteiger partial charge in [-0.2, -0.15) is 4.52 Å². The van der Waals surface area contributed by atoms with Crippen LogP contribution in [0.5, 0.6) is 0 Å². The van der Waals surface area contributed by atoms with Gasteiger partial charge in [-0.05, 0) is 24.1 Å². The molecule has 0 aliphatic heterocycles. The van der Waals surface area contributed by atoms with Crippen molar-refractivity contribution in [3.05, 3.63) is 58.3 Å². The number of nitrogens with zero attached hydrogens (tertiary/aromatic N) is 4. The second-order valence-electron chi connectivity index (χ2n) is 5.64. The molecule has 0 saturated carbocycles. The van der Waals surface area contributed by atoms with E-state index in [9.17, 15) is 23.9 Å². The van der Waals surface area contributed by atoms with Crippen molar-refractivity contribution in [1.29, 1.82) is 0 Å². The van der Waals surface area contributed by atoms with E-state index in [2.05, 4.69) is 20.6 Å². The predicted octanol–water partition coefficient (Wildman–Crippen LogP) is 0.299. The Labute approximate surface area is 150 Å². The van der Waals surface area contributed by atoms with Crippen molar-refractivity contribution >= 4 is 23.4 Å². The van der Waals surface area contributed by atoms with E-state index in [1.165, 1.54) is 12.1 Å². The molecule has 0 spiro atoms. The number of nitrogens with one attached hydrogen (secondary N) is 1. The Morgan fingerprint density at radius 3 is 2.67 bits per heavy atom. The van der Waals surface area contributed by atoms with Crippen molar-refractivity contribution < 1.29 is 23.9 Å². The maximum Gasteiger partial charge on any atom is 0.354 e. The molecule has 138 valence electrons. The molecule has 10 nitrogen and oxygen atoms in total. The average Bonchev–Trinajstić information content (AvgIpc) is 3.05. The Morgan fingerprint density at radius 2 is 2.04 bits per heavy atom. The molecule has 0 aliphatic rings. The lowest BCUT2D eigenvalue weighted by Crippen LogP contribution is -2.25. The van der Waals surface area contributed by atoms with Crippen LogP contribution in [-0.2, 0) is 6.54 Å². The highest BCUT2D eigenvalue weighted by Crippen LogP contribution is 2.12. The number of hydrogen-bond donors (Lipinski definition) is 3. The third-order valence-electron chi connectivity index (χ3n) is 3.74. The fraction of sp³-hybridized carbons (Fsp3) is 0.125. The molecule has 11 heteroatoms. The number of amides is 2. The normalized spacial score (nSPS) is 10.7. The highest BCUT2D eigenvalue weighted by atomic mass is 19.1. The number of benzene rings is 1. The first-order valence-corrected chi connectivity index (χ1v) is 7.60. The van der Waals surface area contributed by atoms with Crippen LogP contribution in [0.15, 0.2) is 24.3 Å². The summed E-state index contributed by atoms with van der Waals surface area (Å²) in [6.07, 6.45) is 0. The lowest BCUT2D eigenvalue weighted by Gasteiger charge is -2.08. The summed E-state index contributed by atoms with van der Waals surface area (Å²) in [5.74, 6) is -3.42. The van der Waals surface area contributed by atoms with E-state index in [1.807, 2.05) is 0 Å². The van der Waals surface area contributed by atoms with Gasteiger partial charge in [0.1, 0.15) is 11.5 Å². The number of aromatic nitrogens is 4. The van der Waals surface area contributed by atoms with E-state index in [4.69, 9.17) is 5.73 Å². The second kappa shape index (κ2) is 6.78. The Kier molecular flexibility index (Phi) is 4.50. The van der Waals surface area contributed by atoms with Gasteiger partial charge in [-0.25, -0.2) is 14.2 Å². The maximum absolute atomic E-state index is 13.3. The van der Waals surface area contributed by atoms with Crippen molar-refractivity contribution in [1.82, 2.24) is 25.1 Å². The molecule has 0 saturated heterocycles. The number of rotatable bonds is 5. The number of primary amides is 1. The fourth-order valence-corrected chi connectivity index (χ4v) is 2.39. The molecule has 2 heterocycles. The molecule has 0 radical (unpaired) electrons. The molecule has 0 unspecified atom stereocenters. The lowest BCUT2D eigenvalue weighted by molar-refractivity contribution is 0.0686. The molecule has 2 amide bonds. The summed E-state index contributed by atoms with van der Waals surface area (Å²) in [5, 5.41) is 18.9. The van der Waals surface area contributed by atoms with E-state index in [0.29, 0.717) is 11.1 Å². The molecule has 0 aliphatic carbocycles. The molecule has 0 atom stereocenters. The lowest BCUT2D eigenvalue weighted by atomic mass is 10.1. The van der Waals surface area contributed by atoms with E-state index in [1.54, 1.807) is 13.0 Å². The molecule has 3 rings (SSSR count). The standard InChI is InChI=1S/C16H13FN6O4/c1-7-4-8(2-3-9(7)17)6-19-15(25)10-5-11(16(26)27)23-14(20-10)12(13(18)24)21-22-23/h2-5H,6H2,1H3,(H2,18,24)(H,19,25)(H,26,27). The van der Waals surface area contributed by atoms with Crippen molar-refractivity contribution in [2.24, 2.45) is 5.73 Å². The minimum Gasteiger partial charge on any atom is -0.477 e. The summed E-state index contributed by atoms with van der Waals surface area (Å²) >= 11 is 0. The summed E-state index contributed by atoms with van der Waals surface area (Å²) in [6.45, 7) is 1.66. The van der Waals surface area contributed by atoms with Gasteiger partial charge < -0.3 is 16.2 Å². The van der Waals surface area contributed by atoms with Crippen LogP contribution in [0.3, 0.4) is 0 Å². The third-order valence-corrected chi connectivity index (χ3v) is 3.74. The van der Waals surface area contributed by atoms with Crippen molar-refractivity contribution in [2.75, 3.05) is 0 Å². The van der Waals surface area contributed by atoms with Crippen LogP contribution >= 0.6 is 0 Å². The summed E-state index contributed by atoms with van der Waals surface area (Å²) in [7, 11) is 0. The molecule has 2 aromatic heterocycles. The minimum absolute atomic E-state index is 0.0649. The highest BCUT2D eigenvalue weighted by Gasteiger charge is 2.22. The summed E-state index contributed by atoms with van der Waals surface area (Å²) in [4.78, 5) is 39.1. The topological polar surface area (TPSA) is 153 Å². The number of aromatic carboxylic acids is 1. The number of aryl methyl sites for hydroxylation is 1. The molecule has 0 fully saturated rings. The fourth-order valence-electron chi connectivity index (χ4n) is 2.39. The SMILES string of the molecule is Cc1cc(CNC(=O)c2cc(C(=O)O)n3nnc(C(N)=O)c3n2)ccc1F. The average molecular weight is 372 g/mol. The summed E-state index contributed by atoms with van der Waals surface area (Å²) < 4.78 is 14.1. The number of carbonyl (C=O) groups excluding carboxylic acids is 2. The Balaban J connectivity index is 1.93. The number of fused-ring (bicyclic) bond motifs is 1. The zero-order valence-corrected chi connectivity index (χ0v) is 13.9. The van der Waals surface area contributed by atoms with Gasteiger partial charge in [0.05, 0.1) is 0 Å². The van der Waals surface area contributed by atoms with E-state index in [0.717, 1.165) is 10.6 Å². The van der Waals surface area contributed by atoms with Crippen molar-refractivity contribution in [3.8, 4) is 0 Å². The van der Waals surface area contributed by atoms with Crippen LogP contribution < -0.4 is 11.1 Å². The number of halogens is 1. The molecule has 4 N–H and O–H groups in total. The van der Waals surface area contributed by atoms with Gasteiger partial charge in [-0.3, -0.25) is 9.59 Å². The largest absolute Gasteiger partial charge is 0.477 e. The predicted molar refractivity (Wildman–Crippen MR) is 88.6 cm³/mol. The molecular formula is C16H13FN6O4. The quantitative estimate of drug-likeness (QED) is 0.582. The third kappa shape index (κ3) is 3.42. The molecular weight excluding hydrogens is 359 g/mol. The van der Waals surface area contributed by atoms with Crippen LogP contribution in [0.25, 0.3) is 5.65 Å². The van der Waals surface area contributed by atoms with Gasteiger partial charge in [-0.15, -0.1) is 5.10 Å². The van der Waals surface area contributed by atoms with Gasteiger partial charge in [0, 0.05) is 12.6 Å². The maximum atomic E-state index is 13.3. The molecule has 27 heavy (non-hydrogen) atoms. The van der Waals surface area contributed by atoms with E-state index < -0.39 is 23.5 Å². The van der Waals surface area contributed by atoms with Gasteiger partial charge >= 0.3 is 5.97 Å². The second-order valence-corrected chi connectivity index (χ2v) is 5.64. The first-order valence-electron chi connectivity index (χ1n) is 7.60. The van der Waals surface area contributed by atoms with Crippen LogP contribution in [0, 0.1) is 12.7 Å². The number of carboxylic acids is 1.